The molecular formula is C26H33N7O. The van der Waals surface area contributed by atoms with E-state index in [9.17, 15) is 4.79 Å². The summed E-state index contributed by atoms with van der Waals surface area (Å²) in [5.74, 6) is 1.54. The van der Waals surface area contributed by atoms with Crippen LogP contribution in [0.2, 0.25) is 0 Å². The highest BCUT2D eigenvalue weighted by atomic mass is 16.2. The number of likely N-dealkylation sites (N-methyl/N-ethyl adjacent to an activating group) is 1. The van der Waals surface area contributed by atoms with Gasteiger partial charge in [0.05, 0.1) is 17.9 Å². The number of nitrogens with zero attached hydrogens (tertiary/aromatic N) is 5. The highest BCUT2D eigenvalue weighted by molar-refractivity contribution is 5.93. The van der Waals surface area contributed by atoms with Gasteiger partial charge in [-0.15, -0.1) is 0 Å². The number of imidazole rings is 1. The molecule has 8 heteroatoms. The van der Waals surface area contributed by atoms with Crippen molar-refractivity contribution in [2.75, 3.05) is 48.8 Å². The molecule has 3 aliphatic rings. The molecule has 0 spiro atoms. The van der Waals surface area contributed by atoms with Crippen LogP contribution in [0.3, 0.4) is 0 Å². The first-order valence-corrected chi connectivity index (χ1v) is 12.5. The van der Waals surface area contributed by atoms with Gasteiger partial charge in [-0.05, 0) is 63.3 Å². The lowest BCUT2D eigenvalue weighted by atomic mass is 10.1. The monoisotopic (exact) mass is 459 g/mol. The average molecular weight is 460 g/mol. The maximum Gasteiger partial charge on any atom is 0.228 e. The molecule has 2 saturated carbocycles. The molecule has 3 fully saturated rings. The van der Waals surface area contributed by atoms with Gasteiger partial charge in [-0.25, -0.2) is 9.97 Å². The number of hydrogen-bond donors (Lipinski definition) is 2. The number of amides is 1. The molecule has 0 unspecified atom stereocenters. The molecule has 2 aliphatic carbocycles. The summed E-state index contributed by atoms with van der Waals surface area (Å²) in [6.07, 6.45) is 8.96. The van der Waals surface area contributed by atoms with Gasteiger partial charge in [0, 0.05) is 61.9 Å². The van der Waals surface area contributed by atoms with Crippen molar-refractivity contribution in [1.82, 2.24) is 19.3 Å². The van der Waals surface area contributed by atoms with Crippen molar-refractivity contribution in [3.63, 3.8) is 0 Å². The lowest BCUT2D eigenvalue weighted by molar-refractivity contribution is -0.117. The molecule has 1 aliphatic heterocycles. The molecule has 4 heterocycles. The number of aryl methyl sites for hydroxylation is 1. The first-order valence-electron chi connectivity index (χ1n) is 12.5. The van der Waals surface area contributed by atoms with E-state index in [-0.39, 0.29) is 11.8 Å². The fourth-order valence-electron chi connectivity index (χ4n) is 4.76. The Labute approximate surface area is 200 Å². The van der Waals surface area contributed by atoms with Gasteiger partial charge in [0.25, 0.3) is 0 Å². The van der Waals surface area contributed by atoms with E-state index in [1.165, 1.54) is 24.1 Å². The molecule has 6 rings (SSSR count). The van der Waals surface area contributed by atoms with Gasteiger partial charge in [-0.3, -0.25) is 4.79 Å². The molecule has 0 radical (unpaired) electrons. The molecule has 2 N–H and O–H groups in total. The summed E-state index contributed by atoms with van der Waals surface area (Å²) in [6, 6.07) is 6.29. The third-order valence-electron chi connectivity index (χ3n) is 7.12. The van der Waals surface area contributed by atoms with Crippen LogP contribution < -0.4 is 15.5 Å². The van der Waals surface area contributed by atoms with Gasteiger partial charge in [0.1, 0.15) is 5.82 Å². The maximum absolute atomic E-state index is 12.1. The number of nitrogens with one attached hydrogen (secondary N) is 2. The number of aromatic nitrogens is 3. The summed E-state index contributed by atoms with van der Waals surface area (Å²) in [4.78, 5) is 26.5. The Morgan fingerprint density at radius 1 is 1.03 bits per heavy atom. The van der Waals surface area contributed by atoms with Gasteiger partial charge in [0.15, 0.2) is 5.65 Å². The van der Waals surface area contributed by atoms with E-state index in [1.807, 2.05) is 19.1 Å². The number of rotatable bonds is 7. The fraction of sp³-hybridized carbons (Fsp3) is 0.500. The molecular weight excluding hydrogens is 426 g/mol. The standard InChI is InChI=1S/C26H33N7O/c1-17-11-21(13-24(28-17)30-26(34)19-5-6-19)27-14-22-16-33-15-20(18-3-4-18)12-23(25(33)29-22)32-9-7-31(2)8-10-32/h11-13,15-16,18-19H,3-10,14H2,1-2H3,(H2,27,28,30,34). The van der Waals surface area contributed by atoms with Crippen LogP contribution in [0.15, 0.2) is 30.6 Å². The normalized spacial score (nSPS) is 18.9. The predicted molar refractivity (Wildman–Crippen MR) is 135 cm³/mol. The number of pyridine rings is 2. The summed E-state index contributed by atoms with van der Waals surface area (Å²) >= 11 is 0. The van der Waals surface area contributed by atoms with E-state index in [0.29, 0.717) is 18.3 Å². The smallest absolute Gasteiger partial charge is 0.228 e. The van der Waals surface area contributed by atoms with Crippen LogP contribution in [0.1, 0.15) is 48.6 Å². The number of fused-ring (bicyclic) bond motifs is 1. The van der Waals surface area contributed by atoms with Gasteiger partial charge in [0.2, 0.25) is 5.91 Å². The van der Waals surface area contributed by atoms with Crippen LogP contribution in [0.4, 0.5) is 17.2 Å². The van der Waals surface area contributed by atoms with Gasteiger partial charge in [-0.1, -0.05) is 0 Å². The van der Waals surface area contributed by atoms with E-state index >= 15 is 0 Å². The fourth-order valence-corrected chi connectivity index (χ4v) is 4.76. The zero-order valence-corrected chi connectivity index (χ0v) is 20.0. The largest absolute Gasteiger partial charge is 0.379 e. The summed E-state index contributed by atoms with van der Waals surface area (Å²) in [5, 5.41) is 6.44. The lowest BCUT2D eigenvalue weighted by Crippen LogP contribution is -2.44. The van der Waals surface area contributed by atoms with Crippen LogP contribution in [0.25, 0.3) is 5.65 Å². The number of hydrogen-bond acceptors (Lipinski definition) is 6. The molecule has 0 bridgehead atoms. The molecule has 8 nitrogen and oxygen atoms in total. The van der Waals surface area contributed by atoms with E-state index in [2.05, 4.69) is 55.3 Å². The molecule has 1 amide bonds. The van der Waals surface area contributed by atoms with E-state index in [1.54, 1.807) is 0 Å². The molecule has 34 heavy (non-hydrogen) atoms. The van der Waals surface area contributed by atoms with Crippen molar-refractivity contribution in [3.8, 4) is 0 Å². The zero-order chi connectivity index (χ0) is 23.2. The highest BCUT2D eigenvalue weighted by Crippen LogP contribution is 2.42. The Kier molecular flexibility index (Phi) is 5.40. The van der Waals surface area contributed by atoms with Gasteiger partial charge < -0.3 is 24.8 Å². The van der Waals surface area contributed by atoms with E-state index < -0.39 is 0 Å². The van der Waals surface area contributed by atoms with Gasteiger partial charge >= 0.3 is 0 Å². The number of carbonyl (C=O) groups excluding carboxylic acids is 1. The number of piperazine rings is 1. The number of carbonyl (C=O) groups is 1. The third-order valence-corrected chi connectivity index (χ3v) is 7.12. The van der Waals surface area contributed by atoms with E-state index in [0.717, 1.165) is 61.7 Å². The summed E-state index contributed by atoms with van der Waals surface area (Å²) < 4.78 is 2.22. The Morgan fingerprint density at radius 2 is 1.82 bits per heavy atom. The SMILES string of the molecule is Cc1cc(NCc2cn3cc(C4CC4)cc(N4CCN(C)CC4)c3n2)cc(NC(=O)C2CC2)n1. The Hall–Kier alpha value is -3.13. The molecule has 3 aromatic heterocycles. The van der Waals surface area contributed by atoms with Crippen molar-refractivity contribution in [2.45, 2.75) is 45.1 Å². The lowest BCUT2D eigenvalue weighted by Gasteiger charge is -2.34. The Morgan fingerprint density at radius 3 is 2.56 bits per heavy atom. The first-order chi connectivity index (χ1) is 16.5. The summed E-state index contributed by atoms with van der Waals surface area (Å²) in [6.45, 7) is 6.79. The minimum Gasteiger partial charge on any atom is -0.379 e. The molecule has 0 aromatic carbocycles. The minimum absolute atomic E-state index is 0.0762. The molecule has 1 saturated heterocycles. The zero-order valence-electron chi connectivity index (χ0n) is 20.0. The quantitative estimate of drug-likeness (QED) is 0.562. The third kappa shape index (κ3) is 4.59. The summed E-state index contributed by atoms with van der Waals surface area (Å²) in [7, 11) is 2.19. The van der Waals surface area contributed by atoms with Crippen LogP contribution in [-0.4, -0.2) is 58.4 Å². The minimum atomic E-state index is 0.0762. The maximum atomic E-state index is 12.1. The molecule has 178 valence electrons. The van der Waals surface area contributed by atoms with Crippen molar-refractivity contribution < 1.29 is 4.79 Å². The Balaban J connectivity index is 1.23. The first kappa shape index (κ1) is 21.4. The number of anilines is 3. The predicted octanol–water partition coefficient (Wildman–Crippen LogP) is 3.63. The van der Waals surface area contributed by atoms with Crippen molar-refractivity contribution in [2.24, 2.45) is 5.92 Å². The van der Waals surface area contributed by atoms with Crippen LogP contribution >= 0.6 is 0 Å². The van der Waals surface area contributed by atoms with Crippen LogP contribution in [-0.2, 0) is 11.3 Å². The highest BCUT2D eigenvalue weighted by Gasteiger charge is 2.30. The van der Waals surface area contributed by atoms with E-state index in [4.69, 9.17) is 4.98 Å². The second kappa shape index (κ2) is 8.58. The van der Waals surface area contributed by atoms with Crippen LogP contribution in [0, 0.1) is 12.8 Å². The Bertz CT molecular complexity index is 1220. The van der Waals surface area contributed by atoms with Crippen molar-refractivity contribution in [3.05, 3.63) is 47.5 Å². The second-order valence-electron chi connectivity index (χ2n) is 10.2. The average Bonchev–Trinajstić information content (AvgIpc) is 3.73. The topological polar surface area (TPSA) is 77.8 Å². The molecule has 0 atom stereocenters. The molecule has 3 aromatic rings. The second-order valence-corrected chi connectivity index (χ2v) is 10.2. The summed E-state index contributed by atoms with van der Waals surface area (Å²) in [5.41, 5.74) is 6.54. The van der Waals surface area contributed by atoms with Crippen molar-refractivity contribution in [1.29, 1.82) is 0 Å². The van der Waals surface area contributed by atoms with Crippen LogP contribution in [0.5, 0.6) is 0 Å². The van der Waals surface area contributed by atoms with Gasteiger partial charge in [-0.2, -0.15) is 0 Å². The van der Waals surface area contributed by atoms with Crippen molar-refractivity contribution >= 4 is 28.7 Å².